The van der Waals surface area contributed by atoms with Crippen LogP contribution in [0.2, 0.25) is 0 Å². The van der Waals surface area contributed by atoms with Gasteiger partial charge in [0, 0.05) is 18.6 Å². The van der Waals surface area contributed by atoms with Crippen molar-refractivity contribution in [2.45, 2.75) is 38.3 Å². The quantitative estimate of drug-likeness (QED) is 0.766. The van der Waals surface area contributed by atoms with Crippen LogP contribution in [0, 0.1) is 17.8 Å². The van der Waals surface area contributed by atoms with Crippen molar-refractivity contribution in [1.29, 1.82) is 0 Å². The Morgan fingerprint density at radius 3 is 2.86 bits per heavy atom. The molecular weight excluding hydrogens is 300 g/mol. The molecule has 2 aliphatic rings. The first-order valence-electron chi connectivity index (χ1n) is 7.85. The Morgan fingerprint density at radius 2 is 2.18 bits per heavy atom. The maximum atomic E-state index is 12.3. The van der Waals surface area contributed by atoms with Gasteiger partial charge in [0.1, 0.15) is 6.04 Å². The third-order valence-electron chi connectivity index (χ3n) is 5.09. The molecule has 2 saturated carbocycles. The van der Waals surface area contributed by atoms with Crippen molar-refractivity contribution in [3.8, 4) is 0 Å². The van der Waals surface area contributed by atoms with E-state index < -0.39 is 6.04 Å². The first-order valence-corrected chi connectivity index (χ1v) is 8.73. The molecule has 6 heteroatoms. The van der Waals surface area contributed by atoms with Gasteiger partial charge in [0.15, 0.2) is 0 Å². The van der Waals surface area contributed by atoms with E-state index in [1.54, 1.807) is 13.0 Å². The van der Waals surface area contributed by atoms with Crippen LogP contribution in [0.5, 0.6) is 0 Å². The third-order valence-corrected chi connectivity index (χ3v) is 5.96. The highest BCUT2D eigenvalue weighted by molar-refractivity contribution is 7.12. The Bertz CT molecular complexity index is 546. The largest absolute Gasteiger partial charge is 0.396 e. The lowest BCUT2D eigenvalue weighted by atomic mass is 9.85. The van der Waals surface area contributed by atoms with Gasteiger partial charge >= 0.3 is 0 Å². The summed E-state index contributed by atoms with van der Waals surface area (Å²) in [6, 6.07) is 3.03. The number of carbonyl (C=O) groups excluding carboxylic acids is 2. The van der Waals surface area contributed by atoms with Crippen molar-refractivity contribution >= 4 is 23.2 Å². The van der Waals surface area contributed by atoms with E-state index in [4.69, 9.17) is 0 Å². The molecule has 5 nitrogen and oxygen atoms in total. The van der Waals surface area contributed by atoms with Crippen molar-refractivity contribution < 1.29 is 14.7 Å². The summed E-state index contributed by atoms with van der Waals surface area (Å²) in [7, 11) is 0. The zero-order valence-corrected chi connectivity index (χ0v) is 13.4. The summed E-state index contributed by atoms with van der Waals surface area (Å²) in [5, 5.41) is 17.2. The highest BCUT2D eigenvalue weighted by Gasteiger charge is 2.47. The first-order chi connectivity index (χ1) is 10.6. The van der Waals surface area contributed by atoms with Crippen LogP contribution in [-0.2, 0) is 4.79 Å². The number of carbonyl (C=O) groups is 2. The summed E-state index contributed by atoms with van der Waals surface area (Å²) in [5.74, 6) is 0.802. The highest BCUT2D eigenvalue weighted by atomic mass is 32.1. The van der Waals surface area contributed by atoms with Crippen LogP contribution in [-0.4, -0.2) is 35.6 Å². The Labute approximate surface area is 134 Å². The number of amides is 2. The maximum Gasteiger partial charge on any atom is 0.261 e. The van der Waals surface area contributed by atoms with E-state index >= 15 is 0 Å². The average molecular weight is 322 g/mol. The molecule has 2 aliphatic carbocycles. The van der Waals surface area contributed by atoms with Gasteiger partial charge in [-0.1, -0.05) is 6.07 Å². The third kappa shape index (κ3) is 2.90. The van der Waals surface area contributed by atoms with E-state index in [2.05, 4.69) is 10.6 Å². The molecular formula is C16H22N2O3S. The molecule has 2 bridgehead atoms. The molecule has 3 rings (SSSR count). The molecule has 2 fully saturated rings. The summed E-state index contributed by atoms with van der Waals surface area (Å²) < 4.78 is 0. The second-order valence-electron chi connectivity index (χ2n) is 6.39. The molecule has 1 heterocycles. The predicted octanol–water partition coefficient (Wildman–Crippen LogP) is 1.39. The zero-order valence-electron chi connectivity index (χ0n) is 12.6. The summed E-state index contributed by atoms with van der Waals surface area (Å²) >= 11 is 1.35. The van der Waals surface area contributed by atoms with Gasteiger partial charge in [0.25, 0.3) is 5.91 Å². The first kappa shape index (κ1) is 15.5. The summed E-state index contributed by atoms with van der Waals surface area (Å²) in [4.78, 5) is 24.9. The van der Waals surface area contributed by atoms with Crippen LogP contribution in [0.4, 0.5) is 0 Å². The fourth-order valence-electron chi connectivity index (χ4n) is 3.93. The fourth-order valence-corrected chi connectivity index (χ4v) is 4.56. The van der Waals surface area contributed by atoms with E-state index in [9.17, 15) is 14.7 Å². The number of hydrogen-bond donors (Lipinski definition) is 3. The molecule has 0 spiro atoms. The monoisotopic (exact) mass is 322 g/mol. The number of aliphatic hydroxyl groups is 1. The van der Waals surface area contributed by atoms with Crippen LogP contribution >= 0.6 is 11.3 Å². The minimum absolute atomic E-state index is 0.0531. The maximum absolute atomic E-state index is 12.3. The van der Waals surface area contributed by atoms with Gasteiger partial charge in [-0.2, -0.15) is 0 Å². The topological polar surface area (TPSA) is 78.4 Å². The molecule has 5 atom stereocenters. The SMILES string of the molecule is CC(NC(=O)c1cccs1)C(=O)NC1C2CCC(C2)C1CO. The minimum atomic E-state index is -0.576. The number of aliphatic hydroxyl groups excluding tert-OH is 1. The molecule has 22 heavy (non-hydrogen) atoms. The molecule has 3 N–H and O–H groups in total. The van der Waals surface area contributed by atoms with Gasteiger partial charge in [0.2, 0.25) is 5.91 Å². The normalized spacial score (nSPS) is 31.0. The van der Waals surface area contributed by atoms with Crippen molar-refractivity contribution in [3.63, 3.8) is 0 Å². The van der Waals surface area contributed by atoms with Crippen LogP contribution in [0.3, 0.4) is 0 Å². The number of hydrogen-bond acceptors (Lipinski definition) is 4. The molecule has 2 amide bonds. The number of nitrogens with one attached hydrogen (secondary N) is 2. The van der Waals surface area contributed by atoms with Gasteiger partial charge in [-0.3, -0.25) is 9.59 Å². The lowest BCUT2D eigenvalue weighted by Crippen LogP contribution is -2.52. The van der Waals surface area contributed by atoms with Crippen LogP contribution in [0.25, 0.3) is 0 Å². The van der Waals surface area contributed by atoms with Gasteiger partial charge in [-0.25, -0.2) is 0 Å². The van der Waals surface area contributed by atoms with Gasteiger partial charge < -0.3 is 15.7 Å². The molecule has 0 saturated heterocycles. The lowest BCUT2D eigenvalue weighted by molar-refractivity contribution is -0.124. The number of fused-ring (bicyclic) bond motifs is 2. The Hall–Kier alpha value is -1.40. The second kappa shape index (κ2) is 6.38. The van der Waals surface area contributed by atoms with E-state index in [0.717, 1.165) is 19.3 Å². The van der Waals surface area contributed by atoms with Gasteiger partial charge in [-0.15, -0.1) is 11.3 Å². The molecule has 5 unspecified atom stereocenters. The van der Waals surface area contributed by atoms with Crippen molar-refractivity contribution in [2.24, 2.45) is 17.8 Å². The number of thiophene rings is 1. The van der Waals surface area contributed by atoms with E-state index in [0.29, 0.717) is 16.7 Å². The molecule has 0 aliphatic heterocycles. The van der Waals surface area contributed by atoms with E-state index in [-0.39, 0.29) is 30.4 Å². The number of rotatable bonds is 5. The standard InChI is InChI=1S/C16H22N2O3S/c1-9(17-16(21)13-3-2-6-22-13)15(20)18-14-11-5-4-10(7-11)12(14)8-19/h2-3,6,9-12,14,19H,4-5,7-8H2,1H3,(H,17,21)(H,18,20). The lowest BCUT2D eigenvalue weighted by Gasteiger charge is -2.31. The van der Waals surface area contributed by atoms with Crippen LogP contribution < -0.4 is 10.6 Å². The smallest absolute Gasteiger partial charge is 0.261 e. The molecule has 120 valence electrons. The highest BCUT2D eigenvalue weighted by Crippen LogP contribution is 2.48. The summed E-state index contributed by atoms with van der Waals surface area (Å²) in [5.41, 5.74) is 0. The van der Waals surface area contributed by atoms with E-state index in [1.165, 1.54) is 11.3 Å². The molecule has 1 aromatic rings. The zero-order chi connectivity index (χ0) is 15.7. The predicted molar refractivity (Wildman–Crippen MR) is 84.6 cm³/mol. The summed E-state index contributed by atoms with van der Waals surface area (Å²) in [6.45, 7) is 1.82. The van der Waals surface area contributed by atoms with E-state index in [1.807, 2.05) is 11.4 Å². The second-order valence-corrected chi connectivity index (χ2v) is 7.33. The summed E-state index contributed by atoms with van der Waals surface area (Å²) in [6.07, 6.45) is 3.39. The van der Waals surface area contributed by atoms with Crippen molar-refractivity contribution in [1.82, 2.24) is 10.6 Å². The molecule has 0 aromatic carbocycles. The van der Waals surface area contributed by atoms with Crippen molar-refractivity contribution in [2.75, 3.05) is 6.61 Å². The molecule has 0 radical (unpaired) electrons. The van der Waals surface area contributed by atoms with Gasteiger partial charge in [0.05, 0.1) is 4.88 Å². The minimum Gasteiger partial charge on any atom is -0.396 e. The van der Waals surface area contributed by atoms with Crippen LogP contribution in [0.1, 0.15) is 35.9 Å². The fraction of sp³-hybridized carbons (Fsp3) is 0.625. The Kier molecular flexibility index (Phi) is 4.49. The van der Waals surface area contributed by atoms with Crippen molar-refractivity contribution in [3.05, 3.63) is 22.4 Å². The Balaban J connectivity index is 1.56. The van der Waals surface area contributed by atoms with Crippen LogP contribution in [0.15, 0.2) is 17.5 Å². The molecule has 1 aromatic heterocycles. The van der Waals surface area contributed by atoms with Gasteiger partial charge in [-0.05, 0) is 49.5 Å². The average Bonchev–Trinajstić information content (AvgIpc) is 3.23. The Morgan fingerprint density at radius 1 is 1.41 bits per heavy atom.